The molecule has 0 aliphatic carbocycles. The summed E-state index contributed by atoms with van der Waals surface area (Å²) < 4.78 is 0.782. The highest BCUT2D eigenvalue weighted by molar-refractivity contribution is 9.10. The van der Waals surface area contributed by atoms with Gasteiger partial charge in [0, 0.05) is 41.2 Å². The van der Waals surface area contributed by atoms with Gasteiger partial charge in [-0.15, -0.1) is 0 Å². The molecule has 2 rings (SSSR count). The molecule has 0 amide bonds. The third-order valence-electron chi connectivity index (χ3n) is 2.23. The van der Waals surface area contributed by atoms with Gasteiger partial charge in [0.15, 0.2) is 5.78 Å². The van der Waals surface area contributed by atoms with Crippen LogP contribution in [0.4, 0.5) is 0 Å². The van der Waals surface area contributed by atoms with Crippen LogP contribution in [0.1, 0.15) is 15.9 Å². The number of rotatable bonds is 3. The molecule has 0 radical (unpaired) electrons. The Kier molecular flexibility index (Phi) is 3.86. The minimum Gasteiger partial charge on any atom is -0.294 e. The molecule has 0 spiro atoms. The van der Waals surface area contributed by atoms with Gasteiger partial charge < -0.3 is 0 Å². The van der Waals surface area contributed by atoms with Crippen LogP contribution in [0.15, 0.2) is 41.4 Å². The first-order valence-corrected chi connectivity index (χ1v) is 6.06. The van der Waals surface area contributed by atoms with Crippen LogP contribution in [-0.2, 0) is 6.42 Å². The lowest BCUT2D eigenvalue weighted by Crippen LogP contribution is -2.04. The molecule has 0 saturated carbocycles. The number of pyridine rings is 2. The summed E-state index contributed by atoms with van der Waals surface area (Å²) in [6.45, 7) is 0. The van der Waals surface area contributed by atoms with Crippen LogP contribution in [0.5, 0.6) is 0 Å². The van der Waals surface area contributed by atoms with Crippen LogP contribution in [0, 0.1) is 0 Å². The summed E-state index contributed by atoms with van der Waals surface area (Å²) in [5, 5.41) is 0.504. The molecule has 2 aromatic heterocycles. The topological polar surface area (TPSA) is 42.9 Å². The maximum absolute atomic E-state index is 12.0. The third-order valence-corrected chi connectivity index (χ3v) is 3.01. The maximum Gasteiger partial charge on any atom is 0.168 e. The van der Waals surface area contributed by atoms with Crippen molar-refractivity contribution in [1.29, 1.82) is 0 Å². The normalized spacial score (nSPS) is 10.2. The van der Waals surface area contributed by atoms with Gasteiger partial charge in [0.1, 0.15) is 0 Å². The monoisotopic (exact) mass is 310 g/mol. The standard InChI is InChI=1S/C12H8BrClN2O/c13-10-3-9(5-16-6-10)12(17)4-8-1-2-15-7-11(8)14/h1-3,5-7H,4H2. The van der Waals surface area contributed by atoms with E-state index in [-0.39, 0.29) is 12.2 Å². The highest BCUT2D eigenvalue weighted by atomic mass is 79.9. The van der Waals surface area contributed by atoms with Gasteiger partial charge in [-0.25, -0.2) is 0 Å². The van der Waals surface area contributed by atoms with Crippen molar-refractivity contribution in [1.82, 2.24) is 9.97 Å². The highest BCUT2D eigenvalue weighted by Crippen LogP contribution is 2.17. The lowest BCUT2D eigenvalue weighted by molar-refractivity contribution is 0.0992. The molecule has 0 aliphatic rings. The molecule has 86 valence electrons. The van der Waals surface area contributed by atoms with Crippen molar-refractivity contribution >= 4 is 33.3 Å². The lowest BCUT2D eigenvalue weighted by atomic mass is 10.1. The zero-order valence-electron chi connectivity index (χ0n) is 8.73. The van der Waals surface area contributed by atoms with E-state index in [1.54, 1.807) is 30.7 Å². The first kappa shape index (κ1) is 12.2. The van der Waals surface area contributed by atoms with E-state index in [0.29, 0.717) is 10.6 Å². The highest BCUT2D eigenvalue weighted by Gasteiger charge is 2.10. The van der Waals surface area contributed by atoms with Gasteiger partial charge >= 0.3 is 0 Å². The molecular formula is C12H8BrClN2O. The molecule has 0 atom stereocenters. The van der Waals surface area contributed by atoms with Gasteiger partial charge in [-0.3, -0.25) is 14.8 Å². The second-order valence-electron chi connectivity index (χ2n) is 3.46. The van der Waals surface area contributed by atoms with Crippen LogP contribution in [0.2, 0.25) is 5.02 Å². The van der Waals surface area contributed by atoms with E-state index in [9.17, 15) is 4.79 Å². The first-order valence-electron chi connectivity index (χ1n) is 4.89. The summed E-state index contributed by atoms with van der Waals surface area (Å²) >= 11 is 9.23. The minimum absolute atomic E-state index is 0.0214. The molecule has 2 heterocycles. The van der Waals surface area contributed by atoms with E-state index < -0.39 is 0 Å². The average Bonchev–Trinajstić information content (AvgIpc) is 2.32. The fraction of sp³-hybridized carbons (Fsp3) is 0.0833. The SMILES string of the molecule is O=C(Cc1ccncc1Cl)c1cncc(Br)c1. The van der Waals surface area contributed by atoms with Gasteiger partial charge in [-0.1, -0.05) is 11.6 Å². The summed E-state index contributed by atoms with van der Waals surface area (Å²) in [6.07, 6.45) is 6.58. The Balaban J connectivity index is 2.20. The average molecular weight is 312 g/mol. The Morgan fingerprint density at radius 2 is 2.12 bits per heavy atom. The predicted molar refractivity (Wildman–Crippen MR) is 69.2 cm³/mol. The van der Waals surface area contributed by atoms with Crippen molar-refractivity contribution in [3.05, 3.63) is 57.5 Å². The predicted octanol–water partition coefficient (Wildman–Crippen LogP) is 3.32. The third kappa shape index (κ3) is 3.11. The quantitative estimate of drug-likeness (QED) is 0.817. The Morgan fingerprint density at radius 1 is 1.29 bits per heavy atom. The zero-order chi connectivity index (χ0) is 12.3. The van der Waals surface area contributed by atoms with Crippen molar-refractivity contribution in [2.75, 3.05) is 0 Å². The molecule has 2 aromatic rings. The number of carbonyl (C=O) groups excluding carboxylic acids is 1. The van der Waals surface area contributed by atoms with Crippen molar-refractivity contribution in [3.8, 4) is 0 Å². The summed E-state index contributed by atoms with van der Waals surface area (Å²) in [5.41, 5.74) is 1.33. The summed E-state index contributed by atoms with van der Waals surface area (Å²) in [6, 6.07) is 3.48. The number of Topliss-reactive ketones (excluding diaryl/α,β-unsaturated/α-hetero) is 1. The molecule has 0 saturated heterocycles. The van der Waals surface area contributed by atoms with Crippen molar-refractivity contribution in [3.63, 3.8) is 0 Å². The number of halogens is 2. The Labute approximate surface area is 112 Å². The van der Waals surface area contributed by atoms with Crippen LogP contribution < -0.4 is 0 Å². The molecule has 3 nitrogen and oxygen atoms in total. The molecule has 0 N–H and O–H groups in total. The van der Waals surface area contributed by atoms with Gasteiger partial charge in [0.05, 0.1) is 5.02 Å². The first-order chi connectivity index (χ1) is 8.16. The van der Waals surface area contributed by atoms with E-state index in [0.717, 1.165) is 10.0 Å². The van der Waals surface area contributed by atoms with Crippen LogP contribution in [0.25, 0.3) is 0 Å². The van der Waals surface area contributed by atoms with Gasteiger partial charge in [-0.2, -0.15) is 0 Å². The smallest absolute Gasteiger partial charge is 0.168 e. The van der Waals surface area contributed by atoms with Crippen LogP contribution in [-0.4, -0.2) is 15.8 Å². The molecule has 0 unspecified atom stereocenters. The van der Waals surface area contributed by atoms with Gasteiger partial charge in [-0.05, 0) is 33.6 Å². The molecular weight excluding hydrogens is 304 g/mol. The lowest BCUT2D eigenvalue weighted by Gasteiger charge is -2.03. The molecule has 0 bridgehead atoms. The van der Waals surface area contributed by atoms with Crippen molar-refractivity contribution < 1.29 is 4.79 Å². The van der Waals surface area contributed by atoms with Gasteiger partial charge in [0.25, 0.3) is 0 Å². The van der Waals surface area contributed by atoms with Crippen LogP contribution >= 0.6 is 27.5 Å². The van der Waals surface area contributed by atoms with E-state index in [1.165, 1.54) is 6.20 Å². The van der Waals surface area contributed by atoms with E-state index in [1.807, 2.05) is 0 Å². The zero-order valence-corrected chi connectivity index (χ0v) is 11.1. The molecule has 5 heteroatoms. The Morgan fingerprint density at radius 3 is 2.82 bits per heavy atom. The van der Waals surface area contributed by atoms with E-state index in [2.05, 4.69) is 25.9 Å². The summed E-state index contributed by atoms with van der Waals surface area (Å²) in [5.74, 6) is -0.0214. The summed E-state index contributed by atoms with van der Waals surface area (Å²) in [7, 11) is 0. The Hall–Kier alpha value is -1.26. The number of ketones is 1. The molecule has 0 aromatic carbocycles. The molecule has 17 heavy (non-hydrogen) atoms. The Bertz CT molecular complexity index is 560. The maximum atomic E-state index is 12.0. The van der Waals surface area contributed by atoms with Gasteiger partial charge in [0.2, 0.25) is 0 Å². The number of nitrogens with zero attached hydrogens (tertiary/aromatic N) is 2. The van der Waals surface area contributed by atoms with E-state index in [4.69, 9.17) is 11.6 Å². The largest absolute Gasteiger partial charge is 0.294 e. The number of hydrogen-bond donors (Lipinski definition) is 0. The fourth-order valence-electron chi connectivity index (χ4n) is 1.39. The number of carbonyl (C=O) groups is 1. The van der Waals surface area contributed by atoms with Crippen LogP contribution in [0.3, 0.4) is 0 Å². The summed E-state index contributed by atoms with van der Waals surface area (Å²) in [4.78, 5) is 19.8. The second kappa shape index (κ2) is 5.38. The van der Waals surface area contributed by atoms with E-state index >= 15 is 0 Å². The fourth-order valence-corrected chi connectivity index (χ4v) is 1.94. The number of hydrogen-bond acceptors (Lipinski definition) is 3. The molecule has 0 fully saturated rings. The minimum atomic E-state index is -0.0214. The van der Waals surface area contributed by atoms with Crippen molar-refractivity contribution in [2.24, 2.45) is 0 Å². The second-order valence-corrected chi connectivity index (χ2v) is 4.78. The number of aromatic nitrogens is 2. The molecule has 0 aliphatic heterocycles. The van der Waals surface area contributed by atoms with Crippen molar-refractivity contribution in [2.45, 2.75) is 6.42 Å².